The first-order valence-electron chi connectivity index (χ1n) is 10.7. The van der Waals surface area contributed by atoms with Gasteiger partial charge in [0.05, 0.1) is 32.8 Å². The average molecular weight is 469 g/mol. The first-order chi connectivity index (χ1) is 16.4. The van der Waals surface area contributed by atoms with Crippen LogP contribution < -0.4 is 10.2 Å². The number of nitrogens with zero attached hydrogens (tertiary/aromatic N) is 1. The number of hydrogen-bond donors (Lipinski definition) is 1. The molecule has 0 amide bonds. The average Bonchev–Trinajstić information content (AvgIpc) is 2.85. The zero-order chi connectivity index (χ0) is 24.9. The molecule has 0 fully saturated rings. The van der Waals surface area contributed by atoms with E-state index in [1.807, 2.05) is 42.5 Å². The first-order valence-corrected chi connectivity index (χ1v) is 10.7. The van der Waals surface area contributed by atoms with Gasteiger partial charge in [0.25, 0.3) is 0 Å². The largest absolute Gasteiger partial charge is 0.503 e. The molecule has 0 bridgehead atoms. The number of carbonyl (C=O) groups excluding carboxylic acids is 1. The third-order valence-electron chi connectivity index (χ3n) is 4.55. The molecular weight excluding hydrogens is 436 g/mol. The van der Waals surface area contributed by atoms with E-state index < -0.39 is 5.97 Å². The van der Waals surface area contributed by atoms with Gasteiger partial charge < -0.3 is 19.0 Å². The molecule has 2 rings (SSSR count). The number of methoxy groups -OCH3 is 2. The molecule has 0 aliphatic rings. The molecule has 1 N–H and O–H groups in total. The predicted octanol–water partition coefficient (Wildman–Crippen LogP) is 4.47. The number of allylic oxidation sites excluding steroid dienone is 1. The molecule has 2 aromatic carbocycles. The summed E-state index contributed by atoms with van der Waals surface area (Å²) in [7, 11) is 4.24. The van der Waals surface area contributed by atoms with E-state index in [2.05, 4.69) is 31.1 Å². The Bertz CT molecular complexity index is 1010. The third-order valence-corrected chi connectivity index (χ3v) is 4.55. The van der Waals surface area contributed by atoms with Gasteiger partial charge in [0.15, 0.2) is 0 Å². The molecular formula is C26H32N2O6. The molecule has 0 atom stereocenters. The van der Waals surface area contributed by atoms with Gasteiger partial charge in [-0.25, -0.2) is 4.79 Å². The molecule has 0 spiro atoms. The summed E-state index contributed by atoms with van der Waals surface area (Å²) >= 11 is 0. The van der Waals surface area contributed by atoms with E-state index in [9.17, 15) is 4.79 Å². The molecule has 34 heavy (non-hydrogen) atoms. The number of oxime groups is 1. The SMILES string of the molecule is C=C(NOCc1ccccc1C(=COC)C(=O)OC)C(=NOC)c1ccc(OCC(C)C)cc1. The molecule has 0 heterocycles. The Morgan fingerprint density at radius 1 is 1.09 bits per heavy atom. The van der Waals surface area contributed by atoms with Gasteiger partial charge in [-0.3, -0.25) is 10.3 Å². The Hall–Kier alpha value is -3.78. The molecule has 2 aromatic rings. The molecule has 0 saturated carbocycles. The second kappa shape index (κ2) is 13.7. The number of benzene rings is 2. The van der Waals surface area contributed by atoms with E-state index in [0.717, 1.165) is 16.9 Å². The highest BCUT2D eigenvalue weighted by Gasteiger charge is 2.17. The summed E-state index contributed by atoms with van der Waals surface area (Å²) in [5.74, 6) is 0.693. The Balaban J connectivity index is 2.09. The minimum Gasteiger partial charge on any atom is -0.503 e. The van der Waals surface area contributed by atoms with E-state index in [1.54, 1.807) is 6.07 Å². The van der Waals surface area contributed by atoms with E-state index >= 15 is 0 Å². The Kier molecular flexibility index (Phi) is 10.7. The highest BCUT2D eigenvalue weighted by atomic mass is 16.6. The fourth-order valence-electron chi connectivity index (χ4n) is 2.95. The van der Waals surface area contributed by atoms with Crippen LogP contribution in [0.5, 0.6) is 5.75 Å². The van der Waals surface area contributed by atoms with E-state index in [0.29, 0.717) is 29.5 Å². The molecule has 182 valence electrons. The van der Waals surface area contributed by atoms with Crippen molar-refractivity contribution in [1.29, 1.82) is 0 Å². The number of ether oxygens (including phenoxy) is 3. The van der Waals surface area contributed by atoms with Crippen LogP contribution in [0, 0.1) is 5.92 Å². The fraction of sp³-hybridized carbons (Fsp3) is 0.308. The van der Waals surface area contributed by atoms with Crippen molar-refractivity contribution in [2.75, 3.05) is 27.9 Å². The van der Waals surface area contributed by atoms with E-state index in [-0.39, 0.29) is 12.2 Å². The smallest absolute Gasteiger partial charge is 0.341 e. The Morgan fingerprint density at radius 2 is 1.79 bits per heavy atom. The maximum absolute atomic E-state index is 12.2. The number of nitrogens with one attached hydrogen (secondary N) is 1. The van der Waals surface area contributed by atoms with Gasteiger partial charge in [0.2, 0.25) is 0 Å². The minimum atomic E-state index is -0.512. The normalized spacial score (nSPS) is 11.7. The van der Waals surface area contributed by atoms with Crippen LogP contribution in [0.15, 0.2) is 72.2 Å². The maximum Gasteiger partial charge on any atom is 0.341 e. The predicted molar refractivity (Wildman–Crippen MR) is 131 cm³/mol. The zero-order valence-electron chi connectivity index (χ0n) is 20.3. The second-order valence-electron chi connectivity index (χ2n) is 7.64. The monoisotopic (exact) mass is 468 g/mol. The molecule has 8 heteroatoms. The van der Waals surface area contributed by atoms with Crippen LogP contribution in [0.3, 0.4) is 0 Å². The topological polar surface area (TPSA) is 87.6 Å². The van der Waals surface area contributed by atoms with Crippen molar-refractivity contribution in [2.45, 2.75) is 20.5 Å². The van der Waals surface area contributed by atoms with Crippen molar-refractivity contribution in [3.8, 4) is 5.75 Å². The van der Waals surface area contributed by atoms with Gasteiger partial charge in [0, 0.05) is 5.56 Å². The van der Waals surface area contributed by atoms with Crippen LogP contribution in [-0.4, -0.2) is 39.6 Å². The molecule has 0 radical (unpaired) electrons. The van der Waals surface area contributed by atoms with Crippen LogP contribution in [0.25, 0.3) is 5.57 Å². The van der Waals surface area contributed by atoms with Crippen molar-refractivity contribution in [1.82, 2.24) is 5.48 Å². The molecule has 8 nitrogen and oxygen atoms in total. The molecule has 0 saturated heterocycles. The van der Waals surface area contributed by atoms with Crippen molar-refractivity contribution < 1.29 is 28.7 Å². The number of carbonyl (C=O) groups is 1. The van der Waals surface area contributed by atoms with Crippen molar-refractivity contribution in [3.63, 3.8) is 0 Å². The van der Waals surface area contributed by atoms with Gasteiger partial charge >= 0.3 is 5.97 Å². The van der Waals surface area contributed by atoms with Crippen LogP contribution in [-0.2, 0) is 30.6 Å². The number of hydrogen-bond acceptors (Lipinski definition) is 8. The Morgan fingerprint density at radius 3 is 2.41 bits per heavy atom. The van der Waals surface area contributed by atoms with Gasteiger partial charge in [0.1, 0.15) is 30.8 Å². The summed E-state index contributed by atoms with van der Waals surface area (Å²) in [5, 5.41) is 4.08. The molecule has 0 aliphatic heterocycles. The van der Waals surface area contributed by atoms with Gasteiger partial charge in [-0.1, -0.05) is 49.8 Å². The fourth-order valence-corrected chi connectivity index (χ4v) is 2.95. The van der Waals surface area contributed by atoms with Gasteiger partial charge in [-0.05, 0) is 41.3 Å². The second-order valence-corrected chi connectivity index (χ2v) is 7.64. The summed E-state index contributed by atoms with van der Waals surface area (Å²) in [6.45, 7) is 8.97. The van der Waals surface area contributed by atoms with Crippen molar-refractivity contribution in [3.05, 3.63) is 83.8 Å². The first kappa shape index (κ1) is 26.5. The summed E-state index contributed by atoms with van der Waals surface area (Å²) in [6.07, 6.45) is 1.34. The lowest BCUT2D eigenvalue weighted by Crippen LogP contribution is -2.21. The third kappa shape index (κ3) is 7.67. The summed E-state index contributed by atoms with van der Waals surface area (Å²) in [4.78, 5) is 22.8. The minimum absolute atomic E-state index is 0.134. The van der Waals surface area contributed by atoms with Crippen molar-refractivity contribution >= 4 is 17.3 Å². The summed E-state index contributed by atoms with van der Waals surface area (Å²) in [6, 6.07) is 14.8. The van der Waals surface area contributed by atoms with Crippen LogP contribution >= 0.6 is 0 Å². The lowest BCUT2D eigenvalue weighted by molar-refractivity contribution is -0.133. The zero-order valence-corrected chi connectivity index (χ0v) is 20.3. The number of hydroxylamine groups is 1. The number of rotatable bonds is 13. The molecule has 0 aliphatic carbocycles. The van der Waals surface area contributed by atoms with Crippen LogP contribution in [0.4, 0.5) is 0 Å². The number of esters is 1. The Labute approximate surface area is 200 Å². The summed E-state index contributed by atoms with van der Waals surface area (Å²) < 4.78 is 15.6. The van der Waals surface area contributed by atoms with Crippen LogP contribution in [0.1, 0.15) is 30.5 Å². The lowest BCUT2D eigenvalue weighted by Gasteiger charge is -2.15. The maximum atomic E-state index is 12.2. The van der Waals surface area contributed by atoms with E-state index in [4.69, 9.17) is 23.9 Å². The summed E-state index contributed by atoms with van der Waals surface area (Å²) in [5.41, 5.74) is 6.11. The van der Waals surface area contributed by atoms with Crippen LogP contribution in [0.2, 0.25) is 0 Å². The molecule has 0 aromatic heterocycles. The van der Waals surface area contributed by atoms with E-state index in [1.165, 1.54) is 27.6 Å². The molecule has 0 unspecified atom stereocenters. The standard InChI is InChI=1S/C26H32N2O6/c1-18(2)15-33-22-13-11-20(12-14-22)25(28-32-6)19(3)27-34-16-21-9-7-8-10-23(21)24(17-30-4)26(29)31-5/h7-14,17-18,27H,3,15-16H2,1-2,4-6H3. The van der Waals surface area contributed by atoms with Gasteiger partial charge in [-0.2, -0.15) is 0 Å². The lowest BCUT2D eigenvalue weighted by atomic mass is 10.0. The highest BCUT2D eigenvalue weighted by Crippen LogP contribution is 2.22. The highest BCUT2D eigenvalue weighted by molar-refractivity contribution is 6.16. The van der Waals surface area contributed by atoms with Crippen molar-refractivity contribution in [2.24, 2.45) is 11.1 Å². The van der Waals surface area contributed by atoms with Gasteiger partial charge in [-0.15, -0.1) is 0 Å². The quantitative estimate of drug-likeness (QED) is 0.153.